The second-order valence-corrected chi connectivity index (χ2v) is 9.58. The molecule has 1 N–H and O–H groups in total. The van der Waals surface area contributed by atoms with E-state index in [1.165, 1.54) is 30.5 Å². The van der Waals surface area contributed by atoms with E-state index in [2.05, 4.69) is 25.0 Å². The first-order chi connectivity index (χ1) is 16.2. The number of aromatic nitrogens is 3. The van der Waals surface area contributed by atoms with Crippen molar-refractivity contribution in [3.8, 4) is 5.75 Å². The van der Waals surface area contributed by atoms with Crippen LogP contribution in [0, 0.1) is 6.92 Å². The molecule has 1 saturated heterocycles. The van der Waals surface area contributed by atoms with E-state index in [-0.39, 0.29) is 28.9 Å². The van der Waals surface area contributed by atoms with Crippen LogP contribution in [-0.2, 0) is 14.8 Å². The molecule has 10 nitrogen and oxygen atoms in total. The second kappa shape index (κ2) is 8.33. The minimum absolute atomic E-state index is 0.0484. The lowest BCUT2D eigenvalue weighted by Gasteiger charge is -2.25. The first kappa shape index (κ1) is 22.2. The quantitative estimate of drug-likeness (QED) is 0.507. The van der Waals surface area contributed by atoms with Gasteiger partial charge in [0.25, 0.3) is 10.0 Å². The van der Waals surface area contributed by atoms with Crippen LogP contribution in [0.1, 0.15) is 24.1 Å². The van der Waals surface area contributed by atoms with Gasteiger partial charge >= 0.3 is 6.61 Å². The molecule has 3 atom stereocenters. The van der Waals surface area contributed by atoms with Crippen molar-refractivity contribution in [3.05, 3.63) is 66.0 Å². The maximum Gasteiger partial charge on any atom is 0.387 e. The van der Waals surface area contributed by atoms with Crippen molar-refractivity contribution in [2.75, 3.05) is 9.84 Å². The van der Waals surface area contributed by atoms with Gasteiger partial charge in [-0.2, -0.15) is 31.9 Å². The molecule has 0 amide bonds. The van der Waals surface area contributed by atoms with E-state index in [0.717, 1.165) is 10.4 Å². The highest BCUT2D eigenvalue weighted by molar-refractivity contribution is 7.92. The van der Waals surface area contributed by atoms with Crippen LogP contribution in [0.4, 0.5) is 14.5 Å². The van der Waals surface area contributed by atoms with E-state index in [1.54, 1.807) is 36.2 Å². The monoisotopic (exact) mass is 490 g/mol. The number of hydrogen-bond donors (Lipinski definition) is 1. The van der Waals surface area contributed by atoms with Crippen LogP contribution in [0.3, 0.4) is 0 Å². The molecule has 178 valence electrons. The summed E-state index contributed by atoms with van der Waals surface area (Å²) in [4.78, 5) is 3.52. The van der Waals surface area contributed by atoms with Gasteiger partial charge in [-0.15, -0.1) is 5.10 Å². The lowest BCUT2D eigenvalue weighted by molar-refractivity contribution is -0.0498. The Morgan fingerprint density at radius 1 is 1.09 bits per heavy atom. The largest absolute Gasteiger partial charge is 0.435 e. The fourth-order valence-corrected chi connectivity index (χ4v) is 4.74. The summed E-state index contributed by atoms with van der Waals surface area (Å²) >= 11 is 0. The van der Waals surface area contributed by atoms with Crippen molar-refractivity contribution < 1.29 is 26.7 Å². The zero-order valence-electron chi connectivity index (χ0n) is 18.0. The number of anilines is 1. The molecular formula is C21H20F2N6O4S. The molecule has 2 aromatic carbocycles. The number of hydrogen-bond acceptors (Lipinski definition) is 8. The van der Waals surface area contributed by atoms with Crippen molar-refractivity contribution in [1.82, 2.24) is 15.1 Å². The molecule has 0 spiro atoms. The highest BCUT2D eigenvalue weighted by Gasteiger charge is 2.54. The lowest BCUT2D eigenvalue weighted by atomic mass is 9.95. The Morgan fingerprint density at radius 3 is 2.47 bits per heavy atom. The summed E-state index contributed by atoms with van der Waals surface area (Å²) in [5, 5.41) is 14.3. The molecule has 0 radical (unpaired) electrons. The summed E-state index contributed by atoms with van der Waals surface area (Å²) in [6, 6.07) is 12.5. The standard InChI is InChI=1S/C21H20F2N6O4S/c1-12-3-9-16(10-4-12)34(30,31)27-28-11-17(24-26-28)18-13(2)25-29(20-19(18)33-20)14-5-7-15(8-6-14)32-21(22)23/h3-11,18-21,27H,1-2H3. The number of aryl methyl sites for hydroxylation is 1. The van der Waals surface area contributed by atoms with Gasteiger partial charge in [0.2, 0.25) is 0 Å². The fraction of sp³-hybridized carbons (Fsp3) is 0.286. The second-order valence-electron chi connectivity index (χ2n) is 7.92. The Bertz CT molecular complexity index is 1330. The third-order valence-electron chi connectivity index (χ3n) is 5.49. The van der Waals surface area contributed by atoms with Crippen LogP contribution >= 0.6 is 0 Å². The number of fused-ring (bicyclic) bond motifs is 1. The van der Waals surface area contributed by atoms with Gasteiger partial charge in [-0.25, -0.2) is 5.01 Å². The van der Waals surface area contributed by atoms with Gasteiger partial charge in [0.15, 0.2) is 6.23 Å². The van der Waals surface area contributed by atoms with E-state index in [4.69, 9.17) is 4.74 Å². The summed E-state index contributed by atoms with van der Waals surface area (Å²) in [5.74, 6) is -0.271. The number of nitrogens with one attached hydrogen (secondary N) is 1. The third kappa shape index (κ3) is 4.31. The minimum atomic E-state index is -3.84. The SMILES string of the molecule is CC1=NN(c2ccc(OC(F)F)cc2)C2OC2C1c1cn(NS(=O)(=O)c2ccc(C)cc2)nn1. The number of ether oxygens (including phenoxy) is 2. The van der Waals surface area contributed by atoms with Gasteiger partial charge < -0.3 is 9.47 Å². The molecule has 1 aromatic heterocycles. The molecule has 1 fully saturated rings. The topological polar surface area (TPSA) is 114 Å². The van der Waals surface area contributed by atoms with E-state index < -0.39 is 16.6 Å². The minimum Gasteiger partial charge on any atom is -0.435 e. The number of benzene rings is 2. The molecule has 13 heteroatoms. The lowest BCUT2D eigenvalue weighted by Crippen LogP contribution is -2.33. The molecule has 3 heterocycles. The molecular weight excluding hydrogens is 470 g/mol. The van der Waals surface area contributed by atoms with Gasteiger partial charge in [-0.3, -0.25) is 0 Å². The van der Waals surface area contributed by atoms with E-state index in [1.807, 2.05) is 6.92 Å². The molecule has 0 saturated carbocycles. The van der Waals surface area contributed by atoms with Crippen LogP contribution in [0.2, 0.25) is 0 Å². The number of sulfonamides is 1. The van der Waals surface area contributed by atoms with Crippen LogP contribution in [0.25, 0.3) is 0 Å². The highest BCUT2D eigenvalue weighted by atomic mass is 32.2. The molecule has 3 unspecified atom stereocenters. The van der Waals surface area contributed by atoms with Gasteiger partial charge in [0.1, 0.15) is 11.9 Å². The Morgan fingerprint density at radius 2 is 1.79 bits per heavy atom. The van der Waals surface area contributed by atoms with Gasteiger partial charge in [0.05, 0.1) is 28.4 Å². The maximum absolute atomic E-state index is 12.6. The van der Waals surface area contributed by atoms with Crippen LogP contribution < -0.4 is 14.6 Å². The van der Waals surface area contributed by atoms with Gasteiger partial charge in [-0.1, -0.05) is 17.7 Å². The summed E-state index contributed by atoms with van der Waals surface area (Å²) < 4.78 is 60.1. The van der Waals surface area contributed by atoms with Crippen LogP contribution in [-0.4, -0.2) is 48.2 Å². The van der Waals surface area contributed by atoms with Crippen molar-refractivity contribution >= 4 is 21.4 Å². The van der Waals surface area contributed by atoms with Crippen LogP contribution in [0.15, 0.2) is 64.7 Å². The zero-order chi connectivity index (χ0) is 24.0. The van der Waals surface area contributed by atoms with Crippen LogP contribution in [0.5, 0.6) is 5.75 Å². The smallest absolute Gasteiger partial charge is 0.387 e. The summed E-state index contributed by atoms with van der Waals surface area (Å²) in [5.41, 5.74) is 2.78. The Labute approximate surface area is 193 Å². The van der Waals surface area contributed by atoms with E-state index in [0.29, 0.717) is 17.1 Å². The Hall–Kier alpha value is -3.58. The highest BCUT2D eigenvalue weighted by Crippen LogP contribution is 2.44. The van der Waals surface area contributed by atoms with E-state index >= 15 is 0 Å². The summed E-state index contributed by atoms with van der Waals surface area (Å²) in [6.45, 7) is 0.777. The summed E-state index contributed by atoms with van der Waals surface area (Å²) in [6.07, 6.45) is 0.846. The zero-order valence-corrected chi connectivity index (χ0v) is 18.9. The number of epoxide rings is 1. The predicted molar refractivity (Wildman–Crippen MR) is 118 cm³/mol. The van der Waals surface area contributed by atoms with Crippen molar-refractivity contribution in [2.45, 2.75) is 43.6 Å². The summed E-state index contributed by atoms with van der Waals surface area (Å²) in [7, 11) is -3.84. The van der Waals surface area contributed by atoms with Crippen molar-refractivity contribution in [3.63, 3.8) is 0 Å². The van der Waals surface area contributed by atoms with E-state index in [9.17, 15) is 17.2 Å². The van der Waals surface area contributed by atoms with Gasteiger partial charge in [-0.05, 0) is 55.5 Å². The van der Waals surface area contributed by atoms with Gasteiger partial charge in [0, 0.05) is 5.71 Å². The number of nitrogens with zero attached hydrogens (tertiary/aromatic N) is 5. The predicted octanol–water partition coefficient (Wildman–Crippen LogP) is 2.82. The molecule has 0 bridgehead atoms. The fourth-order valence-electron chi connectivity index (χ4n) is 3.81. The number of rotatable bonds is 7. The Balaban J connectivity index is 1.32. The van der Waals surface area contributed by atoms with Crippen molar-refractivity contribution in [2.24, 2.45) is 5.10 Å². The average Bonchev–Trinajstić information content (AvgIpc) is 3.44. The number of hydrazone groups is 1. The first-order valence-corrected chi connectivity index (χ1v) is 11.8. The van der Waals surface area contributed by atoms with Crippen molar-refractivity contribution in [1.29, 1.82) is 0 Å². The molecule has 0 aliphatic carbocycles. The molecule has 34 heavy (non-hydrogen) atoms. The molecule has 2 aliphatic rings. The number of alkyl halides is 2. The number of halogens is 2. The first-order valence-electron chi connectivity index (χ1n) is 10.3. The normalized spacial score (nSPS) is 21.7. The molecule has 2 aliphatic heterocycles. The Kier molecular flexibility index (Phi) is 5.44. The molecule has 5 rings (SSSR count). The maximum atomic E-state index is 12.6. The third-order valence-corrected chi connectivity index (χ3v) is 6.81. The molecule has 3 aromatic rings. The average molecular weight is 490 g/mol.